The molecule has 6 heteroatoms. The number of aryl methyl sites for hydroxylation is 2. The lowest BCUT2D eigenvalue weighted by molar-refractivity contribution is -0.921. The van der Waals surface area contributed by atoms with Crippen LogP contribution in [-0.2, 0) is 20.8 Å². The Bertz CT molecular complexity index is 858. The Hall–Kier alpha value is -2.70. The number of esters is 1. The van der Waals surface area contributed by atoms with Gasteiger partial charge in [0.25, 0.3) is 5.91 Å². The molecule has 2 N–H and O–H groups in total. The zero-order valence-corrected chi connectivity index (χ0v) is 17.3. The number of carbonyl (C=O) groups is 2. The van der Waals surface area contributed by atoms with Crippen molar-refractivity contribution in [2.45, 2.75) is 33.4 Å². The SMILES string of the molecule is Cc1ccc(C)c(NC(=O)[C@H](C)OC(=O)c2ccc(C[NH+]3CCOCC3)cc2)c1. The molecule has 3 rings (SSSR count). The molecule has 2 aromatic rings. The lowest BCUT2D eigenvalue weighted by Gasteiger charge is -2.23. The van der Waals surface area contributed by atoms with Crippen molar-refractivity contribution in [3.05, 3.63) is 64.7 Å². The summed E-state index contributed by atoms with van der Waals surface area (Å²) in [6.07, 6.45) is -0.889. The first-order chi connectivity index (χ1) is 13.9. The first-order valence-corrected chi connectivity index (χ1v) is 10.0. The average Bonchev–Trinajstić information content (AvgIpc) is 2.72. The van der Waals surface area contributed by atoms with Gasteiger partial charge >= 0.3 is 5.97 Å². The third-order valence-electron chi connectivity index (χ3n) is 5.15. The van der Waals surface area contributed by atoms with Crippen LogP contribution in [0.3, 0.4) is 0 Å². The van der Waals surface area contributed by atoms with Crippen LogP contribution in [-0.4, -0.2) is 44.3 Å². The van der Waals surface area contributed by atoms with Crippen LogP contribution in [0, 0.1) is 13.8 Å². The zero-order valence-electron chi connectivity index (χ0n) is 17.3. The molecule has 0 unspecified atom stereocenters. The van der Waals surface area contributed by atoms with Crippen LogP contribution < -0.4 is 10.2 Å². The van der Waals surface area contributed by atoms with Crippen molar-refractivity contribution in [1.82, 2.24) is 0 Å². The van der Waals surface area contributed by atoms with Gasteiger partial charge in [0.1, 0.15) is 19.6 Å². The summed E-state index contributed by atoms with van der Waals surface area (Å²) in [5, 5.41) is 2.83. The molecular formula is C23H29N2O4+. The van der Waals surface area contributed by atoms with E-state index in [0.717, 1.165) is 49.7 Å². The highest BCUT2D eigenvalue weighted by Crippen LogP contribution is 2.17. The minimum absolute atomic E-state index is 0.348. The Morgan fingerprint density at radius 1 is 1.10 bits per heavy atom. The summed E-state index contributed by atoms with van der Waals surface area (Å²) in [5.74, 6) is -0.849. The second-order valence-electron chi connectivity index (χ2n) is 7.59. The maximum absolute atomic E-state index is 12.4. The number of morpholine rings is 1. The van der Waals surface area contributed by atoms with Crippen molar-refractivity contribution in [2.75, 3.05) is 31.6 Å². The zero-order chi connectivity index (χ0) is 20.8. The number of rotatable bonds is 6. The normalized spacial score (nSPS) is 15.6. The fourth-order valence-corrected chi connectivity index (χ4v) is 3.27. The topological polar surface area (TPSA) is 69.1 Å². The van der Waals surface area contributed by atoms with Crippen LogP contribution in [0.15, 0.2) is 42.5 Å². The van der Waals surface area contributed by atoms with Gasteiger partial charge in [-0.05, 0) is 50.1 Å². The smallest absolute Gasteiger partial charge is 0.338 e. The monoisotopic (exact) mass is 397 g/mol. The molecule has 0 bridgehead atoms. The molecule has 154 valence electrons. The predicted molar refractivity (Wildman–Crippen MR) is 111 cm³/mol. The van der Waals surface area contributed by atoms with Crippen molar-refractivity contribution in [3.63, 3.8) is 0 Å². The van der Waals surface area contributed by atoms with Crippen LogP contribution in [0.5, 0.6) is 0 Å². The first-order valence-electron chi connectivity index (χ1n) is 10.0. The maximum atomic E-state index is 12.4. The van der Waals surface area contributed by atoms with Gasteiger partial charge in [-0.1, -0.05) is 24.3 Å². The van der Waals surface area contributed by atoms with E-state index in [4.69, 9.17) is 9.47 Å². The molecule has 1 atom stereocenters. The van der Waals surface area contributed by atoms with E-state index in [1.54, 1.807) is 19.1 Å². The van der Waals surface area contributed by atoms with E-state index in [1.807, 2.05) is 44.2 Å². The minimum Gasteiger partial charge on any atom is -0.449 e. The highest BCUT2D eigenvalue weighted by molar-refractivity contribution is 5.97. The molecule has 0 radical (unpaired) electrons. The summed E-state index contributed by atoms with van der Waals surface area (Å²) in [7, 11) is 0. The van der Waals surface area contributed by atoms with Crippen LogP contribution in [0.25, 0.3) is 0 Å². The number of quaternary nitrogens is 1. The molecule has 1 aliphatic heterocycles. The van der Waals surface area contributed by atoms with E-state index in [2.05, 4.69) is 5.32 Å². The van der Waals surface area contributed by atoms with Gasteiger partial charge in [0.2, 0.25) is 0 Å². The van der Waals surface area contributed by atoms with Crippen molar-refractivity contribution < 1.29 is 24.0 Å². The first kappa shape index (κ1) is 21.0. The molecule has 0 aliphatic carbocycles. The highest BCUT2D eigenvalue weighted by atomic mass is 16.5. The fraction of sp³-hybridized carbons (Fsp3) is 0.391. The van der Waals surface area contributed by atoms with Gasteiger partial charge in [0.05, 0.1) is 18.8 Å². The standard InChI is InChI=1S/C23H28N2O4/c1-16-4-5-17(2)21(14-16)24-22(26)18(3)29-23(27)20-8-6-19(7-9-20)15-25-10-12-28-13-11-25/h4-9,14,18H,10-13,15H2,1-3H3,(H,24,26)/p+1/t18-/m0/s1. The van der Waals surface area contributed by atoms with E-state index >= 15 is 0 Å². The van der Waals surface area contributed by atoms with E-state index in [9.17, 15) is 9.59 Å². The number of hydrogen-bond acceptors (Lipinski definition) is 4. The molecule has 2 aromatic carbocycles. The summed E-state index contributed by atoms with van der Waals surface area (Å²) in [4.78, 5) is 26.3. The van der Waals surface area contributed by atoms with E-state index in [-0.39, 0.29) is 5.91 Å². The van der Waals surface area contributed by atoms with Gasteiger partial charge in [-0.25, -0.2) is 4.79 Å². The summed E-state index contributed by atoms with van der Waals surface area (Å²) in [6, 6.07) is 13.2. The Balaban J connectivity index is 1.54. The van der Waals surface area contributed by atoms with E-state index in [0.29, 0.717) is 5.56 Å². The number of nitrogens with one attached hydrogen (secondary N) is 2. The maximum Gasteiger partial charge on any atom is 0.338 e. The number of anilines is 1. The fourth-order valence-electron chi connectivity index (χ4n) is 3.27. The second kappa shape index (κ2) is 9.67. The molecule has 6 nitrogen and oxygen atoms in total. The second-order valence-corrected chi connectivity index (χ2v) is 7.59. The number of ether oxygens (including phenoxy) is 2. The molecule has 1 fully saturated rings. The molecule has 0 spiro atoms. The van der Waals surface area contributed by atoms with Crippen LogP contribution in [0.2, 0.25) is 0 Å². The Labute approximate surface area is 171 Å². The summed E-state index contributed by atoms with van der Waals surface area (Å²) >= 11 is 0. The molecule has 29 heavy (non-hydrogen) atoms. The quantitative estimate of drug-likeness (QED) is 0.731. The van der Waals surface area contributed by atoms with Crippen LogP contribution in [0.4, 0.5) is 5.69 Å². The average molecular weight is 397 g/mol. The molecule has 0 saturated carbocycles. The predicted octanol–water partition coefficient (Wildman–Crippen LogP) is 1.90. The molecule has 1 saturated heterocycles. The summed E-state index contributed by atoms with van der Waals surface area (Å²) < 4.78 is 10.7. The largest absolute Gasteiger partial charge is 0.449 e. The third kappa shape index (κ3) is 5.89. The third-order valence-corrected chi connectivity index (χ3v) is 5.15. The molecule has 1 heterocycles. The Morgan fingerprint density at radius 2 is 1.79 bits per heavy atom. The number of carbonyl (C=O) groups excluding carboxylic acids is 2. The molecule has 0 aromatic heterocycles. The van der Waals surface area contributed by atoms with Crippen LogP contribution in [0.1, 0.15) is 34.0 Å². The van der Waals surface area contributed by atoms with E-state index < -0.39 is 12.1 Å². The number of benzene rings is 2. The van der Waals surface area contributed by atoms with Crippen molar-refractivity contribution in [2.24, 2.45) is 0 Å². The van der Waals surface area contributed by atoms with Crippen molar-refractivity contribution in [1.29, 1.82) is 0 Å². The minimum atomic E-state index is -0.889. The lowest BCUT2D eigenvalue weighted by atomic mass is 10.1. The lowest BCUT2D eigenvalue weighted by Crippen LogP contribution is -3.12. The molecule has 1 aliphatic rings. The molecular weight excluding hydrogens is 368 g/mol. The summed E-state index contributed by atoms with van der Waals surface area (Å²) in [6.45, 7) is 9.95. The van der Waals surface area contributed by atoms with Gasteiger partial charge in [-0.15, -0.1) is 0 Å². The number of amides is 1. The van der Waals surface area contributed by atoms with Gasteiger partial charge in [0, 0.05) is 11.3 Å². The van der Waals surface area contributed by atoms with Gasteiger partial charge in [0.15, 0.2) is 6.10 Å². The number of hydrogen-bond donors (Lipinski definition) is 2. The molecule has 1 amide bonds. The highest BCUT2D eigenvalue weighted by Gasteiger charge is 2.20. The Kier molecular flexibility index (Phi) is 7.01. The van der Waals surface area contributed by atoms with Crippen LogP contribution >= 0.6 is 0 Å². The van der Waals surface area contributed by atoms with E-state index in [1.165, 1.54) is 10.5 Å². The van der Waals surface area contributed by atoms with Gasteiger partial charge in [-0.3, -0.25) is 4.79 Å². The van der Waals surface area contributed by atoms with Crippen molar-refractivity contribution >= 4 is 17.6 Å². The van der Waals surface area contributed by atoms with Gasteiger partial charge < -0.3 is 19.7 Å². The summed E-state index contributed by atoms with van der Waals surface area (Å²) in [5.41, 5.74) is 4.35. The Morgan fingerprint density at radius 3 is 2.48 bits per heavy atom. The van der Waals surface area contributed by atoms with Gasteiger partial charge in [-0.2, -0.15) is 0 Å². The van der Waals surface area contributed by atoms with Crippen molar-refractivity contribution in [3.8, 4) is 0 Å².